The van der Waals surface area contributed by atoms with Gasteiger partial charge in [0.05, 0.1) is 26.6 Å². The number of nitrogens with one attached hydrogen (secondary N) is 2. The molecule has 0 radical (unpaired) electrons. The summed E-state index contributed by atoms with van der Waals surface area (Å²) < 4.78 is 70.0. The predicted molar refractivity (Wildman–Crippen MR) is 183 cm³/mol. The van der Waals surface area contributed by atoms with Gasteiger partial charge in [0.1, 0.15) is 48.5 Å². The lowest BCUT2D eigenvalue weighted by Gasteiger charge is -2.21. The molecule has 11 atom stereocenters. The zero-order valence-corrected chi connectivity index (χ0v) is 31.1. The Hall–Kier alpha value is -4.03. The average molecular weight is 852 g/mol. The van der Waals surface area contributed by atoms with Crippen molar-refractivity contribution < 1.29 is 80.5 Å². The van der Waals surface area contributed by atoms with Gasteiger partial charge in [0.2, 0.25) is 11.7 Å². The minimum Gasteiger partial charge on any atom is -0.387 e. The molecule has 0 bridgehead atoms. The molecule has 2 aliphatic heterocycles. The van der Waals surface area contributed by atoms with Gasteiger partial charge in [0, 0.05) is 6.54 Å². The molecule has 304 valence electrons. The molecule has 4 aromatic heterocycles. The van der Waals surface area contributed by atoms with Gasteiger partial charge >= 0.3 is 29.1 Å². The van der Waals surface area contributed by atoms with Gasteiger partial charge in [-0.05, 0) is 6.08 Å². The van der Waals surface area contributed by atoms with E-state index in [1.807, 2.05) is 0 Å². The SMILES string of the molecule is C#C/C=C/CNc1nc2c(c(=O)[nH]1)n(C)c[n+]2[C@@H]1O[C@H](COP(=O)(O)OP(=O)(O)OP(=O)(O)OC[C@H]2O[C@@H](n3cnc4c(N)ncnc43)[C@@H](O)C2O)[C@H](O)C1O. The number of nitrogen functional groups attached to an aromatic ring is 1. The number of nitrogens with two attached hydrogens (primary N) is 1. The Labute approximate surface area is 312 Å². The molecule has 2 aliphatic rings. The summed E-state index contributed by atoms with van der Waals surface area (Å²) in [5.41, 5.74) is 5.45. The smallest absolute Gasteiger partial charge is 0.387 e. The molecule has 4 aromatic rings. The van der Waals surface area contributed by atoms with Crippen LogP contribution in [-0.4, -0.2) is 126 Å². The zero-order chi connectivity index (χ0) is 40.7. The molecule has 2 fully saturated rings. The highest BCUT2D eigenvalue weighted by Gasteiger charge is 2.50. The highest BCUT2D eigenvalue weighted by molar-refractivity contribution is 7.66. The quantitative estimate of drug-likeness (QED) is 0.0327. The number of allylic oxidation sites excluding steroid dienone is 1. The number of nitrogens with zero attached hydrogens (tertiary/aromatic N) is 7. The van der Waals surface area contributed by atoms with E-state index < -0.39 is 91.3 Å². The fourth-order valence-corrected chi connectivity index (χ4v) is 9.23. The first-order valence-electron chi connectivity index (χ1n) is 15.8. The van der Waals surface area contributed by atoms with E-state index in [1.54, 1.807) is 6.08 Å². The number of ether oxygens (including phenoxy) is 2. The Bertz CT molecular complexity index is 2380. The Morgan fingerprint density at radius 3 is 2.30 bits per heavy atom. The van der Waals surface area contributed by atoms with Crippen LogP contribution in [0.2, 0.25) is 0 Å². The second-order valence-corrected chi connectivity index (χ2v) is 16.6. The summed E-state index contributed by atoms with van der Waals surface area (Å²) in [7, 11) is -15.9. The molecule has 0 spiro atoms. The molecule has 0 aromatic carbocycles. The van der Waals surface area contributed by atoms with Crippen molar-refractivity contribution in [1.82, 2.24) is 34.1 Å². The van der Waals surface area contributed by atoms with Crippen LogP contribution in [0.1, 0.15) is 12.5 Å². The number of phosphoric acid groups is 3. The van der Waals surface area contributed by atoms with E-state index in [9.17, 15) is 53.6 Å². The van der Waals surface area contributed by atoms with Gasteiger partial charge in [-0.15, -0.1) is 6.42 Å². The third-order valence-corrected chi connectivity index (χ3v) is 12.5. The van der Waals surface area contributed by atoms with Gasteiger partial charge in [-0.2, -0.15) is 8.62 Å². The number of hydrogen-bond donors (Lipinski definition) is 10. The van der Waals surface area contributed by atoms with Crippen LogP contribution < -0.4 is 21.2 Å². The number of imidazole rings is 2. The standard InChI is InChI=1S/C26H33N10O17P3/c1-3-4-5-6-28-26-32-22-15(23(41)33-26)34(2)11-36(22)25-19(40)17(38)13(51-25)8-49-55(44,45)53-56(46,47)52-54(42,43)48-7-12-16(37)18(39)24(50-12)35-10-31-14-20(27)29-9-30-21(14)35/h1,4-5,9-13,16-19,24-25,37-40H,6-8H2,2H3,(H6-,27,28,29,30,32,33,41,42,43,44,45,46,47)/p+1/b5-4+/t12-,13-,16?,17+,18+,19?,24-,25-/m1/s1. The van der Waals surface area contributed by atoms with E-state index in [0.29, 0.717) is 0 Å². The highest BCUT2D eigenvalue weighted by atomic mass is 31.3. The Kier molecular flexibility index (Phi) is 11.9. The van der Waals surface area contributed by atoms with E-state index in [-0.39, 0.29) is 40.6 Å². The number of aliphatic hydroxyl groups is 4. The van der Waals surface area contributed by atoms with E-state index in [2.05, 4.69) is 53.8 Å². The van der Waals surface area contributed by atoms with Crippen molar-refractivity contribution in [3.63, 3.8) is 0 Å². The lowest BCUT2D eigenvalue weighted by molar-refractivity contribution is -0.745. The van der Waals surface area contributed by atoms with Crippen LogP contribution in [0.3, 0.4) is 0 Å². The number of phosphoric ester groups is 2. The third-order valence-electron chi connectivity index (χ3n) is 8.20. The Balaban J connectivity index is 1.05. The van der Waals surface area contributed by atoms with Crippen molar-refractivity contribution in [2.45, 2.75) is 49.1 Å². The number of H-pyrrole nitrogens is 1. The van der Waals surface area contributed by atoms with Crippen molar-refractivity contribution in [1.29, 1.82) is 0 Å². The lowest BCUT2D eigenvalue weighted by Crippen LogP contribution is -2.46. The van der Waals surface area contributed by atoms with Crippen molar-refractivity contribution in [2.75, 3.05) is 30.8 Å². The largest absolute Gasteiger partial charge is 0.490 e. The third kappa shape index (κ3) is 8.76. The average Bonchev–Trinajstić information content (AvgIpc) is 3.84. The van der Waals surface area contributed by atoms with Crippen molar-refractivity contribution in [3.05, 3.63) is 41.5 Å². The maximum atomic E-state index is 12.8. The minimum atomic E-state index is -5.99. The number of hydrogen-bond acceptors (Lipinski definition) is 20. The molecule has 6 heterocycles. The second-order valence-electron chi connectivity index (χ2n) is 12.0. The van der Waals surface area contributed by atoms with Gasteiger partial charge < -0.3 is 55.6 Å². The topological polar surface area (TPSA) is 384 Å². The normalized spacial score (nSPS) is 28.7. The molecule has 27 nitrogen and oxygen atoms in total. The number of anilines is 2. The van der Waals surface area contributed by atoms with Crippen molar-refractivity contribution in [3.8, 4) is 12.3 Å². The van der Waals surface area contributed by atoms with Crippen LogP contribution in [0.15, 0.2) is 35.9 Å². The molecule has 6 rings (SSSR count). The predicted octanol–water partition coefficient (Wildman–Crippen LogP) is -2.82. The van der Waals surface area contributed by atoms with Gasteiger partial charge in [0.15, 0.2) is 24.0 Å². The molecule has 56 heavy (non-hydrogen) atoms. The Morgan fingerprint density at radius 2 is 1.64 bits per heavy atom. The summed E-state index contributed by atoms with van der Waals surface area (Å²) in [6, 6.07) is 0. The fourth-order valence-electron chi connectivity index (χ4n) is 5.71. The molecule has 0 aliphatic carbocycles. The van der Waals surface area contributed by atoms with Crippen LogP contribution in [0, 0.1) is 12.3 Å². The maximum absolute atomic E-state index is 12.8. The molecule has 0 amide bonds. The van der Waals surface area contributed by atoms with E-state index in [4.69, 9.17) is 21.6 Å². The van der Waals surface area contributed by atoms with Gasteiger partial charge in [0.25, 0.3) is 11.5 Å². The van der Waals surface area contributed by atoms with Gasteiger partial charge in [-0.3, -0.25) is 28.0 Å². The highest BCUT2D eigenvalue weighted by Crippen LogP contribution is 2.67. The summed E-state index contributed by atoms with van der Waals surface area (Å²) in [5.74, 6) is 2.32. The maximum Gasteiger partial charge on any atom is 0.490 e. The molecule has 2 saturated heterocycles. The summed E-state index contributed by atoms with van der Waals surface area (Å²) in [6.07, 6.45) is -1.20. The summed E-state index contributed by atoms with van der Waals surface area (Å²) in [5, 5.41) is 45.3. The lowest BCUT2D eigenvalue weighted by atomic mass is 10.1. The molecule has 30 heteroatoms. The van der Waals surface area contributed by atoms with Gasteiger partial charge in [-0.25, -0.2) is 33.2 Å². The second kappa shape index (κ2) is 16.1. The monoisotopic (exact) mass is 851 g/mol. The molecule has 0 saturated carbocycles. The van der Waals surface area contributed by atoms with Crippen molar-refractivity contribution >= 4 is 57.6 Å². The fraction of sp³-hybridized carbons (Fsp3) is 0.462. The van der Waals surface area contributed by atoms with E-state index >= 15 is 0 Å². The van der Waals surface area contributed by atoms with Crippen LogP contribution in [0.25, 0.3) is 22.3 Å². The number of terminal acetylenes is 1. The number of rotatable bonds is 15. The first kappa shape index (κ1) is 41.6. The minimum absolute atomic E-state index is 0.00755. The van der Waals surface area contributed by atoms with Crippen LogP contribution >= 0.6 is 23.5 Å². The summed E-state index contributed by atoms with van der Waals surface area (Å²) >= 11 is 0. The zero-order valence-electron chi connectivity index (χ0n) is 28.5. The molecular formula is C26H34N10O17P3+. The number of aromatic nitrogens is 8. The molecule has 11 N–H and O–H groups in total. The first-order chi connectivity index (χ1) is 26.3. The molecular weight excluding hydrogens is 817 g/mol. The van der Waals surface area contributed by atoms with E-state index in [1.165, 1.54) is 39.5 Å². The van der Waals surface area contributed by atoms with Crippen LogP contribution in [0.5, 0.6) is 0 Å². The van der Waals surface area contributed by atoms with Crippen LogP contribution in [0.4, 0.5) is 11.8 Å². The number of fused-ring (bicyclic) bond motifs is 2. The van der Waals surface area contributed by atoms with E-state index in [0.717, 1.165) is 6.33 Å². The number of aromatic amines is 1. The van der Waals surface area contributed by atoms with Gasteiger partial charge in [-0.1, -0.05) is 17.0 Å². The number of aliphatic hydroxyl groups excluding tert-OH is 4. The van der Waals surface area contributed by atoms with Crippen LogP contribution in [-0.2, 0) is 47.9 Å². The summed E-state index contributed by atoms with van der Waals surface area (Å²) in [6.45, 7) is -1.93. The number of aryl methyl sites for hydroxylation is 1. The Morgan fingerprint density at radius 1 is 1.00 bits per heavy atom. The first-order valence-corrected chi connectivity index (χ1v) is 20.3. The summed E-state index contributed by atoms with van der Waals surface area (Å²) in [4.78, 5) is 61.7. The molecule has 5 unspecified atom stereocenters. The van der Waals surface area contributed by atoms with Crippen molar-refractivity contribution in [2.24, 2.45) is 7.05 Å².